The number of unbranched alkanes of at least 4 members (excludes halogenated alkanes) is 1. The summed E-state index contributed by atoms with van der Waals surface area (Å²) in [6.45, 7) is 5.88. The molecule has 0 spiro atoms. The number of hydrogen-bond acceptors (Lipinski definition) is 4. The van der Waals surface area contributed by atoms with Crippen LogP contribution in [0.4, 0.5) is 9.93 Å². The van der Waals surface area contributed by atoms with Gasteiger partial charge in [-0.25, -0.2) is 9.78 Å². The molecular formula is C21H33ClN4O2S. The van der Waals surface area contributed by atoms with Gasteiger partial charge in [0.2, 0.25) is 5.91 Å². The fourth-order valence-corrected chi connectivity index (χ4v) is 5.30. The van der Waals surface area contributed by atoms with Gasteiger partial charge in [-0.05, 0) is 50.9 Å². The van der Waals surface area contributed by atoms with Crippen LogP contribution >= 0.6 is 22.9 Å². The van der Waals surface area contributed by atoms with Crippen molar-refractivity contribution in [1.82, 2.24) is 14.8 Å². The van der Waals surface area contributed by atoms with Crippen LogP contribution in [0.3, 0.4) is 0 Å². The van der Waals surface area contributed by atoms with E-state index in [2.05, 4.69) is 29.0 Å². The fraction of sp³-hybridized carbons (Fsp3) is 0.762. The van der Waals surface area contributed by atoms with Gasteiger partial charge in [0, 0.05) is 31.6 Å². The van der Waals surface area contributed by atoms with E-state index in [1.807, 2.05) is 4.90 Å². The minimum atomic E-state index is -0.0775. The number of halogens is 1. The Morgan fingerprint density at radius 2 is 1.86 bits per heavy atom. The molecule has 0 aromatic carbocycles. The molecule has 0 radical (unpaired) electrons. The largest absolute Gasteiger partial charge is 0.343 e. The van der Waals surface area contributed by atoms with Crippen molar-refractivity contribution in [2.24, 2.45) is 5.92 Å². The molecule has 1 saturated heterocycles. The van der Waals surface area contributed by atoms with E-state index in [4.69, 9.17) is 11.6 Å². The first-order valence-corrected chi connectivity index (χ1v) is 12.2. The van der Waals surface area contributed by atoms with Crippen molar-refractivity contribution in [2.45, 2.75) is 83.7 Å². The monoisotopic (exact) mass is 440 g/mol. The van der Waals surface area contributed by atoms with Gasteiger partial charge in [-0.1, -0.05) is 43.2 Å². The van der Waals surface area contributed by atoms with E-state index in [9.17, 15) is 9.59 Å². The molecule has 6 nitrogen and oxygen atoms in total. The molecule has 3 amide bonds. The Kier molecular flexibility index (Phi) is 8.18. The number of carbonyl (C=O) groups is 2. The number of thiazole rings is 1. The summed E-state index contributed by atoms with van der Waals surface area (Å²) >= 11 is 7.25. The predicted molar refractivity (Wildman–Crippen MR) is 119 cm³/mol. The minimum Gasteiger partial charge on any atom is -0.343 e. The van der Waals surface area contributed by atoms with E-state index in [-0.39, 0.29) is 24.0 Å². The second-order valence-electron chi connectivity index (χ2n) is 8.44. The number of anilines is 1. The molecule has 1 N–H and O–H groups in total. The molecule has 1 aromatic heterocycles. The van der Waals surface area contributed by atoms with Crippen molar-refractivity contribution in [2.75, 3.05) is 18.4 Å². The molecule has 0 unspecified atom stereocenters. The van der Waals surface area contributed by atoms with Crippen LogP contribution in [0.1, 0.15) is 71.6 Å². The number of carbonyl (C=O) groups excluding carboxylic acids is 2. The second kappa shape index (κ2) is 10.6. The lowest BCUT2D eigenvalue weighted by Gasteiger charge is -2.44. The lowest BCUT2D eigenvalue weighted by molar-refractivity contribution is -0.132. The van der Waals surface area contributed by atoms with E-state index >= 15 is 0 Å². The third-order valence-electron chi connectivity index (χ3n) is 6.26. The number of nitrogens with one attached hydrogen (secondary N) is 1. The third kappa shape index (κ3) is 6.07. The van der Waals surface area contributed by atoms with Gasteiger partial charge in [-0.3, -0.25) is 10.1 Å². The molecule has 2 aliphatic rings. The predicted octanol–water partition coefficient (Wildman–Crippen LogP) is 5.39. The first kappa shape index (κ1) is 22.3. The maximum atomic E-state index is 13.2. The topological polar surface area (TPSA) is 65.5 Å². The van der Waals surface area contributed by atoms with Crippen molar-refractivity contribution >= 4 is 40.0 Å². The van der Waals surface area contributed by atoms with Gasteiger partial charge in [-0.15, -0.1) is 0 Å². The van der Waals surface area contributed by atoms with E-state index in [0.717, 1.165) is 70.4 Å². The van der Waals surface area contributed by atoms with E-state index in [1.54, 1.807) is 6.20 Å². The molecule has 2 heterocycles. The van der Waals surface area contributed by atoms with Gasteiger partial charge in [0.1, 0.15) is 4.34 Å². The first-order valence-electron chi connectivity index (χ1n) is 11.0. The molecular weight excluding hydrogens is 408 g/mol. The highest BCUT2D eigenvalue weighted by Gasteiger charge is 2.35. The van der Waals surface area contributed by atoms with Crippen LogP contribution in [0.2, 0.25) is 4.34 Å². The average Bonchev–Trinajstić information content (AvgIpc) is 3.13. The summed E-state index contributed by atoms with van der Waals surface area (Å²) < 4.78 is 0.567. The van der Waals surface area contributed by atoms with Crippen molar-refractivity contribution in [3.63, 3.8) is 0 Å². The zero-order valence-corrected chi connectivity index (χ0v) is 19.1. The van der Waals surface area contributed by atoms with Crippen LogP contribution in [-0.4, -0.2) is 51.9 Å². The lowest BCUT2D eigenvalue weighted by Crippen LogP contribution is -2.54. The molecule has 1 aliphatic heterocycles. The zero-order chi connectivity index (χ0) is 20.8. The van der Waals surface area contributed by atoms with Crippen LogP contribution in [0.15, 0.2) is 6.20 Å². The van der Waals surface area contributed by atoms with Crippen LogP contribution in [0, 0.1) is 5.92 Å². The van der Waals surface area contributed by atoms with Crippen molar-refractivity contribution in [1.29, 1.82) is 0 Å². The highest BCUT2D eigenvalue weighted by molar-refractivity contribution is 7.19. The Balaban J connectivity index is 1.65. The normalized spacial score (nSPS) is 23.1. The highest BCUT2D eigenvalue weighted by Crippen LogP contribution is 2.32. The summed E-state index contributed by atoms with van der Waals surface area (Å²) in [4.78, 5) is 33.8. The molecule has 1 saturated carbocycles. The standard InChI is InChI=1S/C21H33ClN4O2S/c1-3-4-5-19(27)25-12-10-17(11-13-25)26(16-8-6-15(2)7-9-16)21(28)24-20-23-14-18(22)29-20/h14-17H,3-13H2,1-2H3,(H,23,24,28). The summed E-state index contributed by atoms with van der Waals surface area (Å²) in [7, 11) is 0. The first-order chi connectivity index (χ1) is 14.0. The Bertz CT molecular complexity index is 682. The van der Waals surface area contributed by atoms with Gasteiger partial charge in [0.25, 0.3) is 0 Å². The summed E-state index contributed by atoms with van der Waals surface area (Å²) in [5.41, 5.74) is 0. The smallest absolute Gasteiger partial charge is 0.324 e. The molecule has 1 aromatic rings. The number of rotatable bonds is 6. The summed E-state index contributed by atoms with van der Waals surface area (Å²) in [6.07, 6.45) is 10.3. The Morgan fingerprint density at radius 3 is 2.45 bits per heavy atom. The van der Waals surface area contributed by atoms with Gasteiger partial charge in [0.05, 0.1) is 6.20 Å². The van der Waals surface area contributed by atoms with E-state index in [1.165, 1.54) is 11.3 Å². The number of hydrogen-bond donors (Lipinski definition) is 1. The van der Waals surface area contributed by atoms with E-state index in [0.29, 0.717) is 15.9 Å². The number of urea groups is 1. The third-order valence-corrected chi connectivity index (χ3v) is 7.29. The maximum absolute atomic E-state index is 13.2. The summed E-state index contributed by atoms with van der Waals surface area (Å²) in [6, 6.07) is 0.347. The van der Waals surface area contributed by atoms with Crippen LogP contribution in [0.5, 0.6) is 0 Å². The van der Waals surface area contributed by atoms with Crippen LogP contribution in [-0.2, 0) is 4.79 Å². The van der Waals surface area contributed by atoms with Gasteiger partial charge in [0.15, 0.2) is 5.13 Å². The second-order valence-corrected chi connectivity index (χ2v) is 10.1. The average molecular weight is 441 g/mol. The molecule has 0 atom stereocenters. The quantitative estimate of drug-likeness (QED) is 0.644. The number of amides is 3. The summed E-state index contributed by atoms with van der Waals surface area (Å²) in [5.74, 6) is 0.984. The Labute approximate surface area is 183 Å². The maximum Gasteiger partial charge on any atom is 0.324 e. The molecule has 8 heteroatoms. The number of piperidine rings is 1. The SMILES string of the molecule is CCCCC(=O)N1CCC(N(C(=O)Nc2ncc(Cl)s2)C2CCC(C)CC2)CC1. The van der Waals surface area contributed by atoms with Gasteiger partial charge >= 0.3 is 6.03 Å². The summed E-state index contributed by atoms with van der Waals surface area (Å²) in [5, 5.41) is 3.50. The molecule has 3 rings (SSSR count). The fourth-order valence-electron chi connectivity index (χ4n) is 4.50. The molecule has 2 fully saturated rings. The molecule has 162 valence electrons. The number of aromatic nitrogens is 1. The van der Waals surface area contributed by atoms with Crippen LogP contribution < -0.4 is 5.32 Å². The van der Waals surface area contributed by atoms with Gasteiger partial charge < -0.3 is 9.80 Å². The molecule has 29 heavy (non-hydrogen) atoms. The minimum absolute atomic E-state index is 0.0775. The van der Waals surface area contributed by atoms with E-state index < -0.39 is 0 Å². The van der Waals surface area contributed by atoms with Crippen molar-refractivity contribution < 1.29 is 9.59 Å². The molecule has 1 aliphatic carbocycles. The highest BCUT2D eigenvalue weighted by atomic mass is 35.5. The van der Waals surface area contributed by atoms with Gasteiger partial charge in [-0.2, -0.15) is 0 Å². The number of nitrogens with zero attached hydrogens (tertiary/aromatic N) is 3. The van der Waals surface area contributed by atoms with Crippen molar-refractivity contribution in [3.05, 3.63) is 10.5 Å². The Hall–Kier alpha value is -1.34. The van der Waals surface area contributed by atoms with Crippen LogP contribution in [0.25, 0.3) is 0 Å². The Morgan fingerprint density at radius 1 is 1.21 bits per heavy atom. The number of likely N-dealkylation sites (tertiary alicyclic amines) is 1. The lowest BCUT2D eigenvalue weighted by atomic mass is 9.85. The zero-order valence-electron chi connectivity index (χ0n) is 17.5. The van der Waals surface area contributed by atoms with Crippen molar-refractivity contribution in [3.8, 4) is 0 Å². The molecule has 0 bridgehead atoms.